The number of aliphatic imine (C=N–C) groups is 1. The summed E-state index contributed by atoms with van der Waals surface area (Å²) in [4.78, 5) is 7.34. The Morgan fingerprint density at radius 3 is 1.74 bits per heavy atom. The second kappa shape index (κ2) is 14.9. The SMILES string of the molecule is Br.COc1ccc(CN(Cc2ccc(OC)cc2)C(=Nc2ccc(C#N)cc2)SCc2ccccc2)cc1. The molecule has 0 atom stereocenters. The number of benzene rings is 4. The normalized spacial score (nSPS) is 10.7. The Morgan fingerprint density at radius 2 is 1.26 bits per heavy atom. The van der Waals surface area contributed by atoms with E-state index in [1.54, 1.807) is 38.1 Å². The Hall–Kier alpha value is -3.73. The van der Waals surface area contributed by atoms with E-state index >= 15 is 0 Å². The first-order valence-corrected chi connectivity index (χ1v) is 12.9. The van der Waals surface area contributed by atoms with Crippen LogP contribution in [0.4, 0.5) is 5.69 Å². The molecule has 0 aliphatic rings. The third-order valence-corrected chi connectivity index (χ3v) is 6.85. The first-order valence-electron chi connectivity index (χ1n) is 11.9. The van der Waals surface area contributed by atoms with E-state index in [-0.39, 0.29) is 17.0 Å². The molecule has 0 N–H and O–H groups in total. The highest BCUT2D eigenvalue weighted by molar-refractivity contribution is 8.93. The average molecular weight is 589 g/mol. The van der Waals surface area contributed by atoms with Gasteiger partial charge in [-0.3, -0.25) is 0 Å². The molecule has 4 rings (SSSR count). The van der Waals surface area contributed by atoms with Gasteiger partial charge in [0.05, 0.1) is 31.5 Å². The summed E-state index contributed by atoms with van der Waals surface area (Å²) in [5.41, 5.74) is 4.97. The number of hydrogen-bond acceptors (Lipinski definition) is 5. The zero-order chi connectivity index (χ0) is 25.9. The van der Waals surface area contributed by atoms with Gasteiger partial charge in [-0.25, -0.2) is 4.99 Å². The smallest absolute Gasteiger partial charge is 0.165 e. The quantitative estimate of drug-likeness (QED) is 0.148. The molecule has 0 unspecified atom stereocenters. The lowest BCUT2D eigenvalue weighted by molar-refractivity contribution is 0.405. The number of rotatable bonds is 9. The summed E-state index contributed by atoms with van der Waals surface area (Å²) >= 11 is 1.70. The van der Waals surface area contributed by atoms with Gasteiger partial charge in [0.1, 0.15) is 11.5 Å². The van der Waals surface area contributed by atoms with Gasteiger partial charge in [-0.15, -0.1) is 17.0 Å². The number of methoxy groups -OCH3 is 2. The summed E-state index contributed by atoms with van der Waals surface area (Å²) in [5.74, 6) is 2.45. The third kappa shape index (κ3) is 8.41. The topological polar surface area (TPSA) is 57.9 Å². The number of halogens is 1. The van der Waals surface area contributed by atoms with E-state index in [1.807, 2.05) is 42.5 Å². The van der Waals surface area contributed by atoms with Crippen molar-refractivity contribution in [1.82, 2.24) is 4.90 Å². The highest BCUT2D eigenvalue weighted by Gasteiger charge is 2.15. The molecule has 0 radical (unpaired) electrons. The zero-order valence-corrected chi connectivity index (χ0v) is 23.9. The van der Waals surface area contributed by atoms with Crippen molar-refractivity contribution >= 4 is 39.6 Å². The highest BCUT2D eigenvalue weighted by atomic mass is 79.9. The summed E-state index contributed by atoms with van der Waals surface area (Å²) < 4.78 is 10.7. The molecule has 0 fully saturated rings. The number of nitriles is 1. The molecule has 0 bridgehead atoms. The number of ether oxygens (including phenoxy) is 2. The molecule has 0 aliphatic heterocycles. The van der Waals surface area contributed by atoms with Crippen molar-refractivity contribution in [2.45, 2.75) is 18.8 Å². The standard InChI is InChI=1S/C31H29N3O2S.BrH/c1-35-29-16-10-25(11-17-29)21-34(22-26-12-18-30(36-2)19-13-26)31(37-23-27-6-4-3-5-7-27)33-28-14-8-24(20-32)9-15-28;/h3-19H,21-23H2,1-2H3;1H. The van der Waals surface area contributed by atoms with Crippen LogP contribution in [0.15, 0.2) is 108 Å². The maximum Gasteiger partial charge on any atom is 0.165 e. The highest BCUT2D eigenvalue weighted by Crippen LogP contribution is 2.25. The molecule has 0 saturated carbocycles. The molecular weight excluding hydrogens is 558 g/mol. The third-order valence-electron chi connectivity index (χ3n) is 5.77. The molecule has 4 aromatic rings. The molecule has 7 heteroatoms. The van der Waals surface area contributed by atoms with Crippen LogP contribution in [-0.2, 0) is 18.8 Å². The van der Waals surface area contributed by atoms with Gasteiger partial charge in [0.2, 0.25) is 0 Å². The molecule has 0 aliphatic carbocycles. The maximum atomic E-state index is 9.20. The second-order valence-electron chi connectivity index (χ2n) is 8.38. The van der Waals surface area contributed by atoms with Gasteiger partial charge < -0.3 is 14.4 Å². The largest absolute Gasteiger partial charge is 0.497 e. The van der Waals surface area contributed by atoms with Gasteiger partial charge >= 0.3 is 0 Å². The second-order valence-corrected chi connectivity index (χ2v) is 9.32. The monoisotopic (exact) mass is 587 g/mol. The lowest BCUT2D eigenvalue weighted by Gasteiger charge is -2.26. The lowest BCUT2D eigenvalue weighted by atomic mass is 10.1. The van der Waals surface area contributed by atoms with E-state index in [0.29, 0.717) is 18.7 Å². The van der Waals surface area contributed by atoms with Crippen LogP contribution in [0.25, 0.3) is 0 Å². The predicted molar refractivity (Wildman–Crippen MR) is 162 cm³/mol. The van der Waals surface area contributed by atoms with E-state index in [9.17, 15) is 5.26 Å². The molecule has 0 amide bonds. The van der Waals surface area contributed by atoms with Gasteiger partial charge in [-0.05, 0) is 65.2 Å². The molecule has 38 heavy (non-hydrogen) atoms. The Morgan fingerprint density at radius 1 is 0.737 bits per heavy atom. The van der Waals surface area contributed by atoms with Crippen molar-refractivity contribution in [2.75, 3.05) is 14.2 Å². The summed E-state index contributed by atoms with van der Waals surface area (Å²) in [7, 11) is 3.35. The van der Waals surface area contributed by atoms with Gasteiger partial charge in [-0.1, -0.05) is 66.4 Å². The Labute approximate surface area is 239 Å². The number of nitrogens with zero attached hydrogens (tertiary/aromatic N) is 3. The van der Waals surface area contributed by atoms with Crippen molar-refractivity contribution in [3.05, 3.63) is 125 Å². The molecule has 0 saturated heterocycles. The lowest BCUT2D eigenvalue weighted by Crippen LogP contribution is -2.28. The first-order chi connectivity index (χ1) is 18.2. The fraction of sp³-hybridized carbons (Fsp3) is 0.161. The van der Waals surface area contributed by atoms with E-state index < -0.39 is 0 Å². The van der Waals surface area contributed by atoms with Crippen LogP contribution >= 0.6 is 28.7 Å². The van der Waals surface area contributed by atoms with Crippen molar-refractivity contribution in [1.29, 1.82) is 5.26 Å². The van der Waals surface area contributed by atoms with Crippen LogP contribution < -0.4 is 9.47 Å². The van der Waals surface area contributed by atoms with E-state index in [4.69, 9.17) is 14.5 Å². The fourth-order valence-corrected chi connectivity index (χ4v) is 4.70. The summed E-state index contributed by atoms with van der Waals surface area (Å²) in [5, 5.41) is 10.1. The van der Waals surface area contributed by atoms with E-state index in [1.165, 1.54) is 5.56 Å². The van der Waals surface area contributed by atoms with Crippen LogP contribution in [-0.4, -0.2) is 24.3 Å². The molecule has 0 spiro atoms. The van der Waals surface area contributed by atoms with E-state index in [0.717, 1.165) is 39.2 Å². The van der Waals surface area contributed by atoms with Crippen molar-refractivity contribution < 1.29 is 9.47 Å². The molecule has 0 aromatic heterocycles. The number of amidine groups is 1. The predicted octanol–water partition coefficient (Wildman–Crippen LogP) is 7.78. The van der Waals surface area contributed by atoms with Crippen LogP contribution in [0.3, 0.4) is 0 Å². The molecule has 4 aromatic carbocycles. The molecule has 194 valence electrons. The fourth-order valence-electron chi connectivity index (χ4n) is 3.73. The Bertz CT molecular complexity index is 1290. The summed E-state index contributed by atoms with van der Waals surface area (Å²) in [6, 6.07) is 36.2. The molecular formula is C31H30BrN3O2S. The van der Waals surface area contributed by atoms with Crippen LogP contribution in [0.2, 0.25) is 0 Å². The van der Waals surface area contributed by atoms with Crippen LogP contribution in [0.5, 0.6) is 11.5 Å². The minimum atomic E-state index is 0. The van der Waals surface area contributed by atoms with Crippen molar-refractivity contribution in [2.24, 2.45) is 4.99 Å². The average Bonchev–Trinajstić information content (AvgIpc) is 2.96. The number of thioether (sulfide) groups is 1. The Kier molecular flexibility index (Phi) is 11.3. The van der Waals surface area contributed by atoms with Crippen LogP contribution in [0, 0.1) is 11.3 Å². The number of hydrogen-bond donors (Lipinski definition) is 0. The zero-order valence-electron chi connectivity index (χ0n) is 21.4. The molecule has 0 heterocycles. The Balaban J connectivity index is 0.00000400. The first kappa shape index (κ1) is 28.8. The van der Waals surface area contributed by atoms with Gasteiger partial charge in [-0.2, -0.15) is 5.26 Å². The minimum Gasteiger partial charge on any atom is -0.497 e. The maximum absolute atomic E-state index is 9.20. The van der Waals surface area contributed by atoms with Crippen molar-refractivity contribution in [3.8, 4) is 17.6 Å². The van der Waals surface area contributed by atoms with Gasteiger partial charge in [0, 0.05) is 18.8 Å². The van der Waals surface area contributed by atoms with Gasteiger partial charge in [0.15, 0.2) is 5.17 Å². The molecule has 5 nitrogen and oxygen atoms in total. The summed E-state index contributed by atoms with van der Waals surface area (Å²) in [6.07, 6.45) is 0. The van der Waals surface area contributed by atoms with Crippen LogP contribution in [0.1, 0.15) is 22.3 Å². The van der Waals surface area contributed by atoms with Gasteiger partial charge in [0.25, 0.3) is 0 Å². The minimum absolute atomic E-state index is 0. The van der Waals surface area contributed by atoms with E-state index in [2.05, 4.69) is 59.5 Å². The summed E-state index contributed by atoms with van der Waals surface area (Å²) in [6.45, 7) is 1.35. The van der Waals surface area contributed by atoms with Crippen molar-refractivity contribution in [3.63, 3.8) is 0 Å².